The molecule has 1 rings (SSSR count). The van der Waals surface area contributed by atoms with Gasteiger partial charge in [-0.2, -0.15) is 13.2 Å². The standard InChI is InChI=1S/C11H11F3/c1-3-4-9-5-6-10(7-8(9)2)11(12,13)14/h3,5-7H,1,4H2,2H3. The highest BCUT2D eigenvalue weighted by Gasteiger charge is 2.30. The highest BCUT2D eigenvalue weighted by molar-refractivity contribution is 5.33. The fourth-order valence-electron chi connectivity index (χ4n) is 1.26. The van der Waals surface area contributed by atoms with Crippen LogP contribution in [0.4, 0.5) is 13.2 Å². The average molecular weight is 200 g/mol. The summed E-state index contributed by atoms with van der Waals surface area (Å²) < 4.78 is 36.8. The van der Waals surface area contributed by atoms with Crippen LogP contribution in [-0.4, -0.2) is 0 Å². The van der Waals surface area contributed by atoms with Crippen molar-refractivity contribution in [1.82, 2.24) is 0 Å². The number of hydrogen-bond donors (Lipinski definition) is 0. The van der Waals surface area contributed by atoms with Crippen molar-refractivity contribution in [3.05, 3.63) is 47.5 Å². The Morgan fingerprint density at radius 2 is 2.00 bits per heavy atom. The van der Waals surface area contributed by atoms with E-state index in [0.717, 1.165) is 11.6 Å². The second kappa shape index (κ2) is 3.86. The van der Waals surface area contributed by atoms with Gasteiger partial charge in [0.1, 0.15) is 0 Å². The minimum atomic E-state index is -4.25. The normalized spacial score (nSPS) is 11.4. The molecule has 0 bridgehead atoms. The number of halogens is 3. The molecule has 76 valence electrons. The Bertz CT molecular complexity index is 337. The van der Waals surface area contributed by atoms with Crippen molar-refractivity contribution < 1.29 is 13.2 Å². The lowest BCUT2D eigenvalue weighted by Crippen LogP contribution is -2.05. The van der Waals surface area contributed by atoms with Crippen molar-refractivity contribution >= 4 is 0 Å². The molecule has 0 aliphatic heterocycles. The number of alkyl halides is 3. The molecule has 0 unspecified atom stereocenters. The van der Waals surface area contributed by atoms with Crippen molar-refractivity contribution in [2.45, 2.75) is 19.5 Å². The quantitative estimate of drug-likeness (QED) is 0.638. The Morgan fingerprint density at radius 1 is 1.36 bits per heavy atom. The van der Waals surface area contributed by atoms with Gasteiger partial charge in [-0.1, -0.05) is 12.1 Å². The van der Waals surface area contributed by atoms with Crippen LogP contribution in [0.15, 0.2) is 30.9 Å². The van der Waals surface area contributed by atoms with Crippen molar-refractivity contribution in [1.29, 1.82) is 0 Å². The zero-order valence-electron chi connectivity index (χ0n) is 7.86. The summed E-state index contributed by atoms with van der Waals surface area (Å²) >= 11 is 0. The molecule has 0 heterocycles. The first-order valence-corrected chi connectivity index (χ1v) is 4.23. The summed E-state index contributed by atoms with van der Waals surface area (Å²) in [7, 11) is 0. The first-order valence-electron chi connectivity index (χ1n) is 4.23. The van der Waals surface area contributed by atoms with E-state index < -0.39 is 11.7 Å². The van der Waals surface area contributed by atoms with E-state index in [1.54, 1.807) is 13.0 Å². The van der Waals surface area contributed by atoms with Gasteiger partial charge < -0.3 is 0 Å². The molecule has 0 atom stereocenters. The molecule has 0 aliphatic rings. The van der Waals surface area contributed by atoms with Crippen LogP contribution in [-0.2, 0) is 12.6 Å². The SMILES string of the molecule is C=CCc1ccc(C(F)(F)F)cc1C. The van der Waals surface area contributed by atoms with Crippen LogP contribution >= 0.6 is 0 Å². The molecule has 0 amide bonds. The van der Waals surface area contributed by atoms with E-state index in [-0.39, 0.29) is 0 Å². The van der Waals surface area contributed by atoms with Gasteiger partial charge in [-0.25, -0.2) is 0 Å². The van der Waals surface area contributed by atoms with Crippen molar-refractivity contribution in [3.8, 4) is 0 Å². The summed E-state index contributed by atoms with van der Waals surface area (Å²) in [6.45, 7) is 5.22. The maximum absolute atomic E-state index is 12.3. The minimum Gasteiger partial charge on any atom is -0.166 e. The number of allylic oxidation sites excluding steroid dienone is 1. The second-order valence-electron chi connectivity index (χ2n) is 3.13. The molecule has 0 nitrogen and oxygen atoms in total. The van der Waals surface area contributed by atoms with Gasteiger partial charge in [-0.3, -0.25) is 0 Å². The fraction of sp³-hybridized carbons (Fsp3) is 0.273. The van der Waals surface area contributed by atoms with Gasteiger partial charge in [0.2, 0.25) is 0 Å². The molecular weight excluding hydrogens is 189 g/mol. The lowest BCUT2D eigenvalue weighted by molar-refractivity contribution is -0.137. The molecular formula is C11H11F3. The van der Waals surface area contributed by atoms with E-state index in [1.807, 2.05) is 0 Å². The smallest absolute Gasteiger partial charge is 0.166 e. The van der Waals surface area contributed by atoms with Crippen LogP contribution in [0.2, 0.25) is 0 Å². The summed E-state index contributed by atoms with van der Waals surface area (Å²) in [6.07, 6.45) is -1.98. The largest absolute Gasteiger partial charge is 0.416 e. The minimum absolute atomic E-state index is 0.595. The molecule has 0 saturated heterocycles. The zero-order valence-corrected chi connectivity index (χ0v) is 7.86. The molecule has 0 fully saturated rings. The van der Waals surface area contributed by atoms with Crippen LogP contribution in [0.1, 0.15) is 16.7 Å². The summed E-state index contributed by atoms with van der Waals surface area (Å²) in [5.41, 5.74) is 0.940. The molecule has 3 heteroatoms. The molecule has 0 aromatic heterocycles. The lowest BCUT2D eigenvalue weighted by atomic mass is 10.0. The van der Waals surface area contributed by atoms with E-state index in [0.29, 0.717) is 12.0 Å². The van der Waals surface area contributed by atoms with Crippen LogP contribution < -0.4 is 0 Å². The zero-order chi connectivity index (χ0) is 10.8. The van der Waals surface area contributed by atoms with E-state index in [4.69, 9.17) is 0 Å². The van der Waals surface area contributed by atoms with Crippen molar-refractivity contribution in [3.63, 3.8) is 0 Å². The molecule has 14 heavy (non-hydrogen) atoms. The Morgan fingerprint density at radius 3 is 2.43 bits per heavy atom. The molecule has 0 spiro atoms. The third-order valence-corrected chi connectivity index (χ3v) is 2.03. The Hall–Kier alpha value is -1.25. The third-order valence-electron chi connectivity index (χ3n) is 2.03. The second-order valence-corrected chi connectivity index (χ2v) is 3.13. The van der Waals surface area contributed by atoms with Gasteiger partial charge in [-0.05, 0) is 36.6 Å². The maximum Gasteiger partial charge on any atom is 0.416 e. The summed E-state index contributed by atoms with van der Waals surface area (Å²) in [5.74, 6) is 0. The summed E-state index contributed by atoms with van der Waals surface area (Å²) in [6, 6.07) is 3.77. The lowest BCUT2D eigenvalue weighted by Gasteiger charge is -2.09. The molecule has 1 aromatic carbocycles. The molecule has 0 radical (unpaired) electrons. The van der Waals surface area contributed by atoms with Crippen LogP contribution in [0.25, 0.3) is 0 Å². The Labute approximate surface area is 81.1 Å². The Balaban J connectivity index is 3.06. The van der Waals surface area contributed by atoms with Crippen molar-refractivity contribution in [2.24, 2.45) is 0 Å². The van der Waals surface area contributed by atoms with Gasteiger partial charge >= 0.3 is 6.18 Å². The highest BCUT2D eigenvalue weighted by Crippen LogP contribution is 2.30. The first kappa shape index (κ1) is 10.8. The third kappa shape index (κ3) is 2.37. The monoisotopic (exact) mass is 200 g/mol. The predicted octanol–water partition coefficient (Wildman–Crippen LogP) is 3.74. The number of benzene rings is 1. The molecule has 1 aromatic rings. The van der Waals surface area contributed by atoms with Crippen LogP contribution in [0.5, 0.6) is 0 Å². The molecule has 0 N–H and O–H groups in total. The van der Waals surface area contributed by atoms with Crippen LogP contribution in [0, 0.1) is 6.92 Å². The van der Waals surface area contributed by atoms with E-state index >= 15 is 0 Å². The van der Waals surface area contributed by atoms with Gasteiger partial charge in [0.05, 0.1) is 5.56 Å². The highest BCUT2D eigenvalue weighted by atomic mass is 19.4. The Kier molecular flexibility index (Phi) is 2.99. The van der Waals surface area contributed by atoms with Gasteiger partial charge in [0.25, 0.3) is 0 Å². The van der Waals surface area contributed by atoms with E-state index in [9.17, 15) is 13.2 Å². The molecule has 0 aliphatic carbocycles. The van der Waals surface area contributed by atoms with E-state index in [2.05, 4.69) is 6.58 Å². The summed E-state index contributed by atoms with van der Waals surface area (Å²) in [5, 5.41) is 0. The fourth-order valence-corrected chi connectivity index (χ4v) is 1.26. The maximum atomic E-state index is 12.3. The van der Waals surface area contributed by atoms with Crippen molar-refractivity contribution in [2.75, 3.05) is 0 Å². The predicted molar refractivity (Wildman–Crippen MR) is 50.1 cm³/mol. The van der Waals surface area contributed by atoms with Gasteiger partial charge in [0.15, 0.2) is 0 Å². The topological polar surface area (TPSA) is 0 Å². The number of hydrogen-bond acceptors (Lipinski definition) is 0. The van der Waals surface area contributed by atoms with Crippen LogP contribution in [0.3, 0.4) is 0 Å². The van der Waals surface area contributed by atoms with Gasteiger partial charge in [-0.15, -0.1) is 6.58 Å². The molecule has 0 saturated carbocycles. The number of aryl methyl sites for hydroxylation is 1. The first-order chi connectivity index (χ1) is 6.45. The average Bonchev–Trinajstić information content (AvgIpc) is 2.07. The van der Waals surface area contributed by atoms with E-state index in [1.165, 1.54) is 12.1 Å². The number of rotatable bonds is 2. The summed E-state index contributed by atoms with van der Waals surface area (Å²) in [4.78, 5) is 0. The van der Waals surface area contributed by atoms with Gasteiger partial charge in [0, 0.05) is 0 Å².